The van der Waals surface area contributed by atoms with Gasteiger partial charge in [0.1, 0.15) is 5.54 Å². The summed E-state index contributed by atoms with van der Waals surface area (Å²) in [5.41, 5.74) is 0.684. The van der Waals surface area contributed by atoms with Crippen molar-refractivity contribution in [1.29, 1.82) is 5.26 Å². The van der Waals surface area contributed by atoms with Gasteiger partial charge in [-0.25, -0.2) is 0 Å². The molecule has 15 heavy (non-hydrogen) atoms. The smallest absolute Gasteiger partial charge is 0.252 e. The van der Waals surface area contributed by atoms with E-state index in [1.54, 1.807) is 26.0 Å². The van der Waals surface area contributed by atoms with Gasteiger partial charge in [-0.3, -0.25) is 4.79 Å². The number of nitrogens with one attached hydrogen (secondary N) is 1. The van der Waals surface area contributed by atoms with Gasteiger partial charge >= 0.3 is 0 Å². The van der Waals surface area contributed by atoms with E-state index in [1.807, 2.05) is 25.1 Å². The van der Waals surface area contributed by atoms with Crippen LogP contribution >= 0.6 is 0 Å². The van der Waals surface area contributed by atoms with Gasteiger partial charge in [-0.05, 0) is 32.4 Å². The maximum absolute atomic E-state index is 11.8. The summed E-state index contributed by atoms with van der Waals surface area (Å²) in [4.78, 5) is 11.8. The molecule has 0 fully saturated rings. The second-order valence-electron chi connectivity index (χ2n) is 4.01. The topological polar surface area (TPSA) is 52.9 Å². The fourth-order valence-electron chi connectivity index (χ4n) is 1.21. The fraction of sp³-hybridized carbons (Fsp3) is 0.333. The van der Waals surface area contributed by atoms with Gasteiger partial charge in [0.25, 0.3) is 5.91 Å². The highest BCUT2D eigenvalue weighted by Gasteiger charge is 2.20. The van der Waals surface area contributed by atoms with Crippen molar-refractivity contribution in [2.45, 2.75) is 26.3 Å². The number of carbonyl (C=O) groups excluding carboxylic acids is 1. The van der Waals surface area contributed by atoms with Crippen molar-refractivity contribution in [3.05, 3.63) is 35.4 Å². The van der Waals surface area contributed by atoms with E-state index in [2.05, 4.69) is 5.32 Å². The van der Waals surface area contributed by atoms with Crippen LogP contribution in [0.4, 0.5) is 0 Å². The molecule has 0 aliphatic rings. The first-order valence-corrected chi connectivity index (χ1v) is 4.76. The summed E-state index contributed by atoms with van der Waals surface area (Å²) in [5, 5.41) is 11.5. The molecule has 1 aromatic carbocycles. The Hall–Kier alpha value is -1.82. The molecule has 1 N–H and O–H groups in total. The van der Waals surface area contributed by atoms with E-state index in [1.165, 1.54) is 0 Å². The molecule has 0 spiro atoms. The van der Waals surface area contributed by atoms with Crippen molar-refractivity contribution in [2.75, 3.05) is 0 Å². The van der Waals surface area contributed by atoms with E-state index >= 15 is 0 Å². The third kappa shape index (κ3) is 2.81. The molecule has 0 aromatic heterocycles. The van der Waals surface area contributed by atoms with Crippen molar-refractivity contribution in [3.63, 3.8) is 0 Å². The SMILES string of the molecule is Cc1ccccc1C(=O)NC(C)(C)C#N. The van der Waals surface area contributed by atoms with E-state index in [0.717, 1.165) is 5.56 Å². The standard InChI is InChI=1S/C12H14N2O/c1-9-6-4-5-7-10(9)11(15)14-12(2,3)8-13/h4-7H,1-3H3,(H,14,15). The van der Waals surface area contributed by atoms with E-state index in [-0.39, 0.29) is 5.91 Å². The second-order valence-corrected chi connectivity index (χ2v) is 4.01. The van der Waals surface area contributed by atoms with Crippen LogP contribution in [0.15, 0.2) is 24.3 Å². The number of nitrogens with zero attached hydrogens (tertiary/aromatic N) is 1. The van der Waals surface area contributed by atoms with Gasteiger partial charge in [-0.15, -0.1) is 0 Å². The van der Waals surface area contributed by atoms with E-state index in [4.69, 9.17) is 5.26 Å². The average Bonchev–Trinajstić information content (AvgIpc) is 2.17. The van der Waals surface area contributed by atoms with Gasteiger partial charge in [0, 0.05) is 5.56 Å². The monoisotopic (exact) mass is 202 g/mol. The Balaban J connectivity index is 2.89. The van der Waals surface area contributed by atoms with E-state index in [0.29, 0.717) is 5.56 Å². The molecule has 0 saturated carbocycles. The van der Waals surface area contributed by atoms with Crippen LogP contribution in [0.5, 0.6) is 0 Å². The van der Waals surface area contributed by atoms with Crippen molar-refractivity contribution >= 4 is 5.91 Å². The summed E-state index contributed by atoms with van der Waals surface area (Å²) in [6.07, 6.45) is 0. The number of benzene rings is 1. The molecule has 3 nitrogen and oxygen atoms in total. The van der Waals surface area contributed by atoms with Gasteiger partial charge in [0.15, 0.2) is 0 Å². The molecule has 0 saturated heterocycles. The Bertz CT molecular complexity index is 416. The number of carbonyl (C=O) groups is 1. The minimum Gasteiger partial charge on any atom is -0.334 e. The zero-order valence-electron chi connectivity index (χ0n) is 9.16. The first kappa shape index (κ1) is 11.3. The van der Waals surface area contributed by atoms with Gasteiger partial charge in [0.05, 0.1) is 6.07 Å². The third-order valence-corrected chi connectivity index (χ3v) is 2.10. The number of rotatable bonds is 2. The van der Waals surface area contributed by atoms with Crippen molar-refractivity contribution in [1.82, 2.24) is 5.32 Å². The number of hydrogen-bond donors (Lipinski definition) is 1. The summed E-state index contributed by atoms with van der Waals surface area (Å²) in [5.74, 6) is -0.209. The number of nitriles is 1. The highest BCUT2D eigenvalue weighted by Crippen LogP contribution is 2.09. The van der Waals surface area contributed by atoms with E-state index in [9.17, 15) is 4.79 Å². The molecule has 1 rings (SSSR count). The van der Waals surface area contributed by atoms with Crippen LogP contribution in [0.2, 0.25) is 0 Å². The summed E-state index contributed by atoms with van der Waals surface area (Å²) in [6, 6.07) is 9.33. The zero-order valence-corrected chi connectivity index (χ0v) is 9.16. The Morgan fingerprint density at radius 1 is 1.40 bits per heavy atom. The molecule has 1 amide bonds. The number of hydrogen-bond acceptors (Lipinski definition) is 2. The van der Waals surface area contributed by atoms with E-state index < -0.39 is 5.54 Å². The van der Waals surface area contributed by atoms with Gasteiger partial charge in [0.2, 0.25) is 0 Å². The lowest BCUT2D eigenvalue weighted by molar-refractivity contribution is 0.0928. The van der Waals surface area contributed by atoms with Gasteiger partial charge in [-0.2, -0.15) is 5.26 Å². The summed E-state index contributed by atoms with van der Waals surface area (Å²) in [7, 11) is 0. The molecule has 1 aromatic rings. The highest BCUT2D eigenvalue weighted by molar-refractivity contribution is 5.96. The molecule has 0 aliphatic carbocycles. The Kier molecular flexibility index (Phi) is 3.11. The lowest BCUT2D eigenvalue weighted by Gasteiger charge is -2.18. The molecular weight excluding hydrogens is 188 g/mol. The summed E-state index contributed by atoms with van der Waals surface area (Å²) in [6.45, 7) is 5.21. The summed E-state index contributed by atoms with van der Waals surface area (Å²) < 4.78 is 0. The van der Waals surface area contributed by atoms with Crippen LogP contribution < -0.4 is 5.32 Å². The largest absolute Gasteiger partial charge is 0.334 e. The van der Waals surface area contributed by atoms with Crippen molar-refractivity contribution < 1.29 is 4.79 Å². The Morgan fingerprint density at radius 3 is 2.53 bits per heavy atom. The molecule has 78 valence electrons. The molecule has 0 bridgehead atoms. The predicted octanol–water partition coefficient (Wildman–Crippen LogP) is 2.03. The van der Waals surface area contributed by atoms with Crippen molar-refractivity contribution in [2.24, 2.45) is 0 Å². The fourth-order valence-corrected chi connectivity index (χ4v) is 1.21. The van der Waals surface area contributed by atoms with Crippen LogP contribution in [0, 0.1) is 18.3 Å². The quantitative estimate of drug-likeness (QED) is 0.797. The van der Waals surface area contributed by atoms with Crippen LogP contribution in [-0.4, -0.2) is 11.4 Å². The second kappa shape index (κ2) is 4.14. The maximum Gasteiger partial charge on any atom is 0.252 e. The first-order chi connectivity index (χ1) is 6.96. The lowest BCUT2D eigenvalue weighted by atomic mass is 10.0. The van der Waals surface area contributed by atoms with Crippen LogP contribution in [0.25, 0.3) is 0 Å². The molecule has 0 aliphatic heterocycles. The van der Waals surface area contributed by atoms with Crippen LogP contribution in [-0.2, 0) is 0 Å². The molecule has 3 heteroatoms. The normalized spacial score (nSPS) is 10.5. The number of amides is 1. The molecule has 0 unspecified atom stereocenters. The average molecular weight is 202 g/mol. The minimum atomic E-state index is -0.834. The van der Waals surface area contributed by atoms with Crippen LogP contribution in [0.3, 0.4) is 0 Å². The maximum atomic E-state index is 11.8. The third-order valence-electron chi connectivity index (χ3n) is 2.10. The lowest BCUT2D eigenvalue weighted by Crippen LogP contribution is -2.42. The molecular formula is C12H14N2O. The van der Waals surface area contributed by atoms with Crippen LogP contribution in [0.1, 0.15) is 29.8 Å². The Morgan fingerprint density at radius 2 is 2.00 bits per heavy atom. The zero-order chi connectivity index (χ0) is 11.5. The first-order valence-electron chi connectivity index (χ1n) is 4.76. The van der Waals surface area contributed by atoms with Gasteiger partial charge < -0.3 is 5.32 Å². The van der Waals surface area contributed by atoms with Gasteiger partial charge in [-0.1, -0.05) is 18.2 Å². The Labute approximate surface area is 89.7 Å². The molecule has 0 heterocycles. The molecule has 0 atom stereocenters. The highest BCUT2D eigenvalue weighted by atomic mass is 16.1. The summed E-state index contributed by atoms with van der Waals surface area (Å²) >= 11 is 0. The number of aryl methyl sites for hydroxylation is 1. The van der Waals surface area contributed by atoms with Crippen molar-refractivity contribution in [3.8, 4) is 6.07 Å². The minimum absolute atomic E-state index is 0.209. The predicted molar refractivity (Wildman–Crippen MR) is 58.3 cm³/mol. The molecule has 0 radical (unpaired) electrons.